The first-order valence-electron chi connectivity index (χ1n) is 5.75. The van der Waals surface area contributed by atoms with Crippen LogP contribution in [0.3, 0.4) is 0 Å². The summed E-state index contributed by atoms with van der Waals surface area (Å²) < 4.78 is 10.2. The maximum absolute atomic E-state index is 5.30. The van der Waals surface area contributed by atoms with Gasteiger partial charge in [-0.15, -0.1) is 0 Å². The SMILES string of the molecule is COCCOCCNCC#Cc1ccccc1. The zero-order chi connectivity index (χ0) is 12.2. The quantitative estimate of drug-likeness (QED) is 0.568. The molecule has 0 aliphatic heterocycles. The molecule has 0 heterocycles. The smallest absolute Gasteiger partial charge is 0.0700 e. The third-order valence-corrected chi connectivity index (χ3v) is 2.07. The molecule has 0 aromatic heterocycles. The number of hydrogen-bond donors (Lipinski definition) is 1. The van der Waals surface area contributed by atoms with Gasteiger partial charge in [0.1, 0.15) is 0 Å². The molecule has 0 amide bonds. The van der Waals surface area contributed by atoms with E-state index in [4.69, 9.17) is 9.47 Å². The minimum absolute atomic E-state index is 0.647. The molecule has 0 bridgehead atoms. The van der Waals surface area contributed by atoms with E-state index >= 15 is 0 Å². The lowest BCUT2D eigenvalue weighted by Crippen LogP contribution is -2.20. The first-order valence-corrected chi connectivity index (χ1v) is 5.75. The number of nitrogens with one attached hydrogen (secondary N) is 1. The van der Waals surface area contributed by atoms with Crippen LogP contribution in [-0.4, -0.2) is 40.0 Å². The Morgan fingerprint density at radius 2 is 1.94 bits per heavy atom. The van der Waals surface area contributed by atoms with E-state index in [1.165, 1.54) is 0 Å². The molecular weight excluding hydrogens is 214 g/mol. The molecule has 0 unspecified atom stereocenters. The van der Waals surface area contributed by atoms with Crippen molar-refractivity contribution in [2.45, 2.75) is 0 Å². The Labute approximate surface area is 103 Å². The van der Waals surface area contributed by atoms with Crippen molar-refractivity contribution in [1.82, 2.24) is 5.32 Å². The molecule has 0 radical (unpaired) electrons. The van der Waals surface area contributed by atoms with Crippen molar-refractivity contribution in [2.24, 2.45) is 0 Å². The van der Waals surface area contributed by atoms with E-state index in [9.17, 15) is 0 Å². The predicted molar refractivity (Wildman–Crippen MR) is 68.9 cm³/mol. The van der Waals surface area contributed by atoms with Crippen LogP contribution in [0.4, 0.5) is 0 Å². The Morgan fingerprint density at radius 3 is 2.71 bits per heavy atom. The average Bonchev–Trinajstić information content (AvgIpc) is 2.38. The first-order chi connectivity index (χ1) is 8.43. The average molecular weight is 233 g/mol. The lowest BCUT2D eigenvalue weighted by Gasteiger charge is -2.02. The van der Waals surface area contributed by atoms with Crippen LogP contribution in [-0.2, 0) is 9.47 Å². The van der Waals surface area contributed by atoms with Crippen LogP contribution in [0.1, 0.15) is 5.56 Å². The standard InChI is InChI=1S/C14H19NO2/c1-16-12-13-17-11-10-15-9-5-8-14-6-3-2-4-7-14/h2-4,6-7,15H,9-13H2,1H3. The second kappa shape index (κ2) is 9.86. The Kier molecular flexibility index (Phi) is 7.96. The minimum Gasteiger partial charge on any atom is -0.382 e. The summed E-state index contributed by atoms with van der Waals surface area (Å²) in [5.41, 5.74) is 1.05. The molecule has 1 rings (SSSR count). The summed E-state index contributed by atoms with van der Waals surface area (Å²) in [7, 11) is 1.67. The van der Waals surface area contributed by atoms with Gasteiger partial charge in [0, 0.05) is 19.2 Å². The van der Waals surface area contributed by atoms with E-state index in [2.05, 4.69) is 17.2 Å². The summed E-state index contributed by atoms with van der Waals surface area (Å²) in [6.45, 7) is 3.48. The molecule has 0 saturated carbocycles. The number of ether oxygens (including phenoxy) is 2. The van der Waals surface area contributed by atoms with Gasteiger partial charge < -0.3 is 14.8 Å². The lowest BCUT2D eigenvalue weighted by atomic mass is 10.2. The van der Waals surface area contributed by atoms with E-state index in [0.29, 0.717) is 26.4 Å². The second-order valence-electron chi connectivity index (χ2n) is 3.45. The van der Waals surface area contributed by atoms with Crippen molar-refractivity contribution in [1.29, 1.82) is 0 Å². The zero-order valence-electron chi connectivity index (χ0n) is 10.2. The van der Waals surface area contributed by atoms with Crippen molar-refractivity contribution >= 4 is 0 Å². The molecule has 1 aromatic carbocycles. The summed E-state index contributed by atoms with van der Waals surface area (Å²) in [5.74, 6) is 6.14. The topological polar surface area (TPSA) is 30.5 Å². The molecule has 0 saturated heterocycles. The molecule has 0 spiro atoms. The number of methoxy groups -OCH3 is 1. The molecule has 0 aliphatic carbocycles. The van der Waals surface area contributed by atoms with Gasteiger partial charge in [-0.05, 0) is 12.1 Å². The lowest BCUT2D eigenvalue weighted by molar-refractivity contribution is 0.0723. The van der Waals surface area contributed by atoms with E-state index in [0.717, 1.165) is 12.1 Å². The van der Waals surface area contributed by atoms with E-state index in [1.807, 2.05) is 30.3 Å². The molecule has 92 valence electrons. The van der Waals surface area contributed by atoms with Crippen LogP contribution in [0.15, 0.2) is 30.3 Å². The van der Waals surface area contributed by atoms with Gasteiger partial charge >= 0.3 is 0 Å². The van der Waals surface area contributed by atoms with Crippen LogP contribution in [0.5, 0.6) is 0 Å². The molecule has 3 heteroatoms. The number of rotatable bonds is 7. The van der Waals surface area contributed by atoms with Gasteiger partial charge in [-0.25, -0.2) is 0 Å². The maximum Gasteiger partial charge on any atom is 0.0700 e. The highest BCUT2D eigenvalue weighted by atomic mass is 16.5. The van der Waals surface area contributed by atoms with E-state index in [1.54, 1.807) is 7.11 Å². The fourth-order valence-corrected chi connectivity index (χ4v) is 1.21. The molecule has 0 aliphatic rings. The number of hydrogen-bond acceptors (Lipinski definition) is 3. The Bertz CT molecular complexity index is 340. The molecule has 0 fully saturated rings. The zero-order valence-corrected chi connectivity index (χ0v) is 10.2. The van der Waals surface area contributed by atoms with Crippen LogP contribution < -0.4 is 5.32 Å². The first kappa shape index (κ1) is 13.7. The largest absolute Gasteiger partial charge is 0.382 e. The highest BCUT2D eigenvalue weighted by Crippen LogP contribution is 1.93. The van der Waals surface area contributed by atoms with Gasteiger partial charge in [0.05, 0.1) is 26.4 Å². The van der Waals surface area contributed by atoms with Gasteiger partial charge in [-0.2, -0.15) is 0 Å². The van der Waals surface area contributed by atoms with Crippen molar-refractivity contribution in [3.8, 4) is 11.8 Å². The molecular formula is C14H19NO2. The van der Waals surface area contributed by atoms with E-state index in [-0.39, 0.29) is 0 Å². The number of benzene rings is 1. The molecule has 1 N–H and O–H groups in total. The molecule has 0 atom stereocenters. The third kappa shape index (κ3) is 7.53. The normalized spacial score (nSPS) is 9.71. The summed E-state index contributed by atoms with van der Waals surface area (Å²) in [6.07, 6.45) is 0. The summed E-state index contributed by atoms with van der Waals surface area (Å²) in [6, 6.07) is 9.96. The fraction of sp³-hybridized carbons (Fsp3) is 0.429. The van der Waals surface area contributed by atoms with Gasteiger partial charge in [-0.3, -0.25) is 0 Å². The fourth-order valence-electron chi connectivity index (χ4n) is 1.21. The third-order valence-electron chi connectivity index (χ3n) is 2.07. The summed E-state index contributed by atoms with van der Waals surface area (Å²) >= 11 is 0. The monoisotopic (exact) mass is 233 g/mol. The molecule has 1 aromatic rings. The van der Waals surface area contributed by atoms with Crippen molar-refractivity contribution in [3.05, 3.63) is 35.9 Å². The molecule has 17 heavy (non-hydrogen) atoms. The Balaban J connectivity index is 1.99. The summed E-state index contributed by atoms with van der Waals surface area (Å²) in [5, 5.41) is 3.19. The maximum atomic E-state index is 5.30. The Hall–Kier alpha value is -1.34. The van der Waals surface area contributed by atoms with Gasteiger partial charge in [0.15, 0.2) is 0 Å². The van der Waals surface area contributed by atoms with Crippen molar-refractivity contribution in [2.75, 3.05) is 40.0 Å². The second-order valence-corrected chi connectivity index (χ2v) is 3.45. The van der Waals surface area contributed by atoms with Crippen molar-refractivity contribution < 1.29 is 9.47 Å². The van der Waals surface area contributed by atoms with Crippen LogP contribution in [0.25, 0.3) is 0 Å². The van der Waals surface area contributed by atoms with Gasteiger partial charge in [0.2, 0.25) is 0 Å². The molecule has 3 nitrogen and oxygen atoms in total. The predicted octanol–water partition coefficient (Wildman–Crippen LogP) is 1.29. The van der Waals surface area contributed by atoms with Crippen LogP contribution >= 0.6 is 0 Å². The van der Waals surface area contributed by atoms with Gasteiger partial charge in [0.25, 0.3) is 0 Å². The highest BCUT2D eigenvalue weighted by Gasteiger charge is 1.87. The Morgan fingerprint density at radius 1 is 1.12 bits per heavy atom. The minimum atomic E-state index is 0.647. The van der Waals surface area contributed by atoms with Gasteiger partial charge in [-0.1, -0.05) is 30.0 Å². The van der Waals surface area contributed by atoms with Crippen LogP contribution in [0, 0.1) is 11.8 Å². The summed E-state index contributed by atoms with van der Waals surface area (Å²) in [4.78, 5) is 0. The van der Waals surface area contributed by atoms with E-state index < -0.39 is 0 Å². The van der Waals surface area contributed by atoms with Crippen LogP contribution in [0.2, 0.25) is 0 Å². The highest BCUT2D eigenvalue weighted by molar-refractivity contribution is 5.33. The van der Waals surface area contributed by atoms with Crippen molar-refractivity contribution in [3.63, 3.8) is 0 Å².